The highest BCUT2D eigenvalue weighted by Gasteiger charge is 2.41. The number of nitrogens with zero attached hydrogens (tertiary/aromatic N) is 2. The fourth-order valence-corrected chi connectivity index (χ4v) is 4.17. The molecule has 0 atom stereocenters. The molecule has 32 heavy (non-hydrogen) atoms. The van der Waals surface area contributed by atoms with Gasteiger partial charge in [-0.1, -0.05) is 11.6 Å². The molecular weight excluding hydrogens is 449 g/mol. The smallest absolute Gasteiger partial charge is 0.353 e. The highest BCUT2D eigenvalue weighted by Crippen LogP contribution is 2.31. The number of fused-ring (bicyclic) bond motifs is 1. The minimum absolute atomic E-state index is 0.150. The van der Waals surface area contributed by atoms with Gasteiger partial charge in [0, 0.05) is 35.5 Å². The molecule has 11 heteroatoms. The number of alkyl halides is 3. The normalized spacial score (nSPS) is 21.8. The maximum atomic E-state index is 12.6. The molecule has 0 unspecified atom stereocenters. The number of carbonyl (C=O) groups is 2. The Labute approximate surface area is 187 Å². The minimum atomic E-state index is -4.65. The molecule has 3 amide bonds. The van der Waals surface area contributed by atoms with Crippen molar-refractivity contribution < 1.29 is 27.5 Å². The van der Waals surface area contributed by atoms with Crippen molar-refractivity contribution in [3.05, 3.63) is 35.4 Å². The Morgan fingerprint density at radius 1 is 1.12 bits per heavy atom. The van der Waals surface area contributed by atoms with Crippen molar-refractivity contribution in [1.82, 2.24) is 15.2 Å². The van der Waals surface area contributed by atoms with Crippen LogP contribution in [0.2, 0.25) is 5.02 Å². The maximum Gasteiger partial charge on any atom is 0.522 e. The van der Waals surface area contributed by atoms with Gasteiger partial charge < -0.3 is 10.2 Å². The van der Waals surface area contributed by atoms with Gasteiger partial charge in [-0.25, -0.2) is 9.78 Å². The number of likely N-dealkylation sites (tertiary alicyclic amines) is 1. The fraction of sp³-hybridized carbons (Fsp3) is 0.476. The van der Waals surface area contributed by atoms with Gasteiger partial charge in [0.15, 0.2) is 0 Å². The van der Waals surface area contributed by atoms with Crippen molar-refractivity contribution in [2.75, 3.05) is 18.4 Å². The molecule has 2 N–H and O–H groups in total. The second-order valence-corrected chi connectivity index (χ2v) is 8.52. The number of rotatable bonds is 4. The summed E-state index contributed by atoms with van der Waals surface area (Å²) in [6.07, 6.45) is -4.28. The van der Waals surface area contributed by atoms with Crippen molar-refractivity contribution in [2.24, 2.45) is 5.92 Å². The molecule has 1 aliphatic heterocycles. The van der Waals surface area contributed by atoms with Crippen LogP contribution in [0.5, 0.6) is 0 Å². The van der Waals surface area contributed by atoms with Crippen LogP contribution in [0.15, 0.2) is 30.3 Å². The number of ether oxygens (including phenoxy) is 1. The quantitative estimate of drug-likeness (QED) is 0.697. The second-order valence-electron chi connectivity index (χ2n) is 8.09. The third kappa shape index (κ3) is 5.60. The fourth-order valence-electron chi connectivity index (χ4n) is 3.99. The number of urea groups is 1. The highest BCUT2D eigenvalue weighted by molar-refractivity contribution is 6.31. The van der Waals surface area contributed by atoms with E-state index in [9.17, 15) is 22.8 Å². The molecule has 2 aromatic rings. The number of nitrogens with one attached hydrogen (secondary N) is 2. The lowest BCUT2D eigenvalue weighted by Gasteiger charge is -2.37. The summed E-state index contributed by atoms with van der Waals surface area (Å²) < 4.78 is 40.5. The number of carbonyl (C=O) groups excluding carboxylic acids is 2. The van der Waals surface area contributed by atoms with Crippen molar-refractivity contribution in [1.29, 1.82) is 0 Å². The molecule has 2 heterocycles. The third-order valence-electron chi connectivity index (χ3n) is 5.78. The first-order valence-electron chi connectivity index (χ1n) is 10.3. The highest BCUT2D eigenvalue weighted by atomic mass is 35.5. The van der Waals surface area contributed by atoms with E-state index >= 15 is 0 Å². The lowest BCUT2D eigenvalue weighted by atomic mass is 9.88. The largest absolute Gasteiger partial charge is 0.522 e. The number of pyridine rings is 1. The molecule has 2 fully saturated rings. The van der Waals surface area contributed by atoms with Crippen molar-refractivity contribution in [3.8, 4) is 0 Å². The zero-order valence-electron chi connectivity index (χ0n) is 17.0. The molecule has 1 saturated carbocycles. The van der Waals surface area contributed by atoms with E-state index in [0.29, 0.717) is 42.3 Å². The Hall–Kier alpha value is -2.59. The van der Waals surface area contributed by atoms with Gasteiger partial charge in [-0.2, -0.15) is 0 Å². The molecule has 4 rings (SSSR count). The summed E-state index contributed by atoms with van der Waals surface area (Å²) in [7, 11) is 0. The van der Waals surface area contributed by atoms with Crippen LogP contribution in [0.1, 0.15) is 25.7 Å². The first-order valence-corrected chi connectivity index (χ1v) is 10.7. The van der Waals surface area contributed by atoms with Crippen LogP contribution >= 0.6 is 11.6 Å². The topological polar surface area (TPSA) is 83.6 Å². The van der Waals surface area contributed by atoms with Crippen LogP contribution in [0.4, 0.5) is 23.8 Å². The summed E-state index contributed by atoms with van der Waals surface area (Å²) in [5, 5.41) is 7.03. The van der Waals surface area contributed by atoms with E-state index in [2.05, 4.69) is 20.4 Å². The number of halogens is 4. The Kier molecular flexibility index (Phi) is 6.43. The van der Waals surface area contributed by atoms with Crippen molar-refractivity contribution in [3.63, 3.8) is 0 Å². The molecule has 1 saturated heterocycles. The van der Waals surface area contributed by atoms with Gasteiger partial charge >= 0.3 is 12.4 Å². The zero-order chi connectivity index (χ0) is 22.9. The maximum absolute atomic E-state index is 12.6. The number of piperidine rings is 1. The van der Waals surface area contributed by atoms with Crippen LogP contribution in [-0.4, -0.2) is 53.4 Å². The lowest BCUT2D eigenvalue weighted by molar-refractivity contribution is -0.351. The first-order chi connectivity index (χ1) is 15.2. The van der Waals surface area contributed by atoms with Crippen LogP contribution in [0, 0.1) is 5.92 Å². The molecule has 1 aromatic carbocycles. The summed E-state index contributed by atoms with van der Waals surface area (Å²) in [4.78, 5) is 31.0. The van der Waals surface area contributed by atoms with E-state index in [1.54, 1.807) is 29.2 Å². The Morgan fingerprint density at radius 2 is 1.84 bits per heavy atom. The number of anilines is 1. The molecule has 172 valence electrons. The van der Waals surface area contributed by atoms with Crippen LogP contribution < -0.4 is 10.6 Å². The SMILES string of the molecule is O=C(NC1CC(OC(F)(F)F)C1)C1CCN(C(=O)Nc2ccc3cc(Cl)ccc3n2)CC1. The van der Waals surface area contributed by atoms with Gasteiger partial charge in [0.1, 0.15) is 5.82 Å². The lowest BCUT2D eigenvalue weighted by Crippen LogP contribution is -2.52. The summed E-state index contributed by atoms with van der Waals surface area (Å²) in [5.74, 6) is -0.0362. The zero-order valence-corrected chi connectivity index (χ0v) is 17.7. The molecular formula is C21H22ClF3N4O3. The molecule has 1 aliphatic carbocycles. The predicted octanol–water partition coefficient (Wildman–Crippen LogP) is 4.32. The Morgan fingerprint density at radius 3 is 2.53 bits per heavy atom. The molecule has 1 aromatic heterocycles. The van der Waals surface area contributed by atoms with E-state index in [4.69, 9.17) is 11.6 Å². The van der Waals surface area contributed by atoms with Crippen LogP contribution in [0.25, 0.3) is 10.9 Å². The van der Waals surface area contributed by atoms with Gasteiger partial charge in [0.05, 0.1) is 11.6 Å². The first kappa shape index (κ1) is 22.6. The Balaban J connectivity index is 1.22. The molecule has 0 bridgehead atoms. The van der Waals surface area contributed by atoms with Crippen LogP contribution in [-0.2, 0) is 9.53 Å². The summed E-state index contributed by atoms with van der Waals surface area (Å²) in [6.45, 7) is 0.801. The molecule has 0 radical (unpaired) electrons. The van der Waals surface area contributed by atoms with E-state index in [1.165, 1.54) is 0 Å². The van der Waals surface area contributed by atoms with Gasteiger partial charge in [-0.05, 0) is 56.0 Å². The number of hydrogen-bond donors (Lipinski definition) is 2. The Bertz CT molecular complexity index is 1010. The van der Waals surface area contributed by atoms with Gasteiger partial charge in [-0.3, -0.25) is 14.8 Å². The van der Waals surface area contributed by atoms with E-state index in [0.717, 1.165) is 5.39 Å². The van der Waals surface area contributed by atoms with Gasteiger partial charge in [0.2, 0.25) is 5.91 Å². The van der Waals surface area contributed by atoms with Gasteiger partial charge in [0.25, 0.3) is 0 Å². The number of hydrogen-bond acceptors (Lipinski definition) is 4. The predicted molar refractivity (Wildman–Crippen MR) is 112 cm³/mol. The van der Waals surface area contributed by atoms with E-state index in [-0.39, 0.29) is 36.7 Å². The second kappa shape index (κ2) is 9.11. The minimum Gasteiger partial charge on any atom is -0.353 e. The van der Waals surface area contributed by atoms with E-state index in [1.807, 2.05) is 6.07 Å². The van der Waals surface area contributed by atoms with E-state index < -0.39 is 12.5 Å². The molecule has 2 aliphatic rings. The average molecular weight is 471 g/mol. The molecule has 0 spiro atoms. The molecule has 7 nitrogen and oxygen atoms in total. The van der Waals surface area contributed by atoms with Crippen molar-refractivity contribution in [2.45, 2.75) is 44.2 Å². The number of benzene rings is 1. The third-order valence-corrected chi connectivity index (χ3v) is 6.02. The van der Waals surface area contributed by atoms with Gasteiger partial charge in [-0.15, -0.1) is 13.2 Å². The standard InChI is InChI=1S/C21H22ClF3N4O3/c22-14-2-3-17-13(9-14)1-4-18(27-17)28-20(31)29-7-5-12(6-8-29)19(30)26-15-10-16(11-15)32-21(23,24)25/h1-4,9,12,15-16H,5-8,10-11H2,(H,26,30)(H,27,28,31). The number of aromatic nitrogens is 1. The average Bonchev–Trinajstić information content (AvgIpc) is 2.71. The van der Waals surface area contributed by atoms with Crippen molar-refractivity contribution >= 4 is 40.3 Å². The monoisotopic (exact) mass is 470 g/mol. The van der Waals surface area contributed by atoms with Crippen LogP contribution in [0.3, 0.4) is 0 Å². The summed E-state index contributed by atoms with van der Waals surface area (Å²) in [5.41, 5.74) is 0.710. The summed E-state index contributed by atoms with van der Waals surface area (Å²) >= 11 is 5.97. The number of amides is 3. The summed E-state index contributed by atoms with van der Waals surface area (Å²) in [6, 6.07) is 8.22.